The molecule has 9 amide bonds. The van der Waals surface area contributed by atoms with Crippen molar-refractivity contribution in [2.45, 2.75) is 147 Å². The molecule has 9 N–H and O–H groups in total. The van der Waals surface area contributed by atoms with Crippen LogP contribution in [0.5, 0.6) is 0 Å². The van der Waals surface area contributed by atoms with Gasteiger partial charge in [-0.15, -0.1) is 0 Å². The van der Waals surface area contributed by atoms with Crippen LogP contribution in [-0.4, -0.2) is 129 Å². The topological polar surface area (TPSA) is 305 Å². The quantitative estimate of drug-likeness (QED) is 0.0246. The van der Waals surface area contributed by atoms with Crippen molar-refractivity contribution in [3.8, 4) is 11.1 Å². The summed E-state index contributed by atoms with van der Waals surface area (Å²) in [6, 6.07) is 24.2. The Labute approximate surface area is 498 Å². The molecule has 0 aromatic heterocycles. The minimum Gasteiger partial charge on any atom is -0.465 e. The highest BCUT2D eigenvalue weighted by atomic mass is 32.2. The average molecular weight is 1190 g/mol. The Balaban J connectivity index is 1.11. The van der Waals surface area contributed by atoms with Crippen molar-refractivity contribution in [1.82, 2.24) is 41.1 Å². The van der Waals surface area contributed by atoms with Crippen molar-refractivity contribution < 1.29 is 56.6 Å². The molecule has 5 atom stereocenters. The van der Waals surface area contributed by atoms with E-state index in [0.717, 1.165) is 27.2 Å². The second kappa shape index (κ2) is 27.2. The number of carbonyl (C=O) groups excluding carboxylic acids is 7. The van der Waals surface area contributed by atoms with Crippen LogP contribution in [-0.2, 0) is 49.7 Å². The van der Waals surface area contributed by atoms with Gasteiger partial charge in [0.25, 0.3) is 15.9 Å². The number of nitrogens with zero attached hydrogens (tertiary/aromatic N) is 2. The Morgan fingerprint density at radius 3 is 1.82 bits per heavy atom. The Morgan fingerprint density at radius 2 is 1.31 bits per heavy atom. The summed E-state index contributed by atoms with van der Waals surface area (Å²) in [5.41, 5.74) is 7.80. The van der Waals surface area contributed by atoms with Crippen LogP contribution >= 0.6 is 0 Å². The third-order valence-corrected chi connectivity index (χ3v) is 17.4. The average Bonchev–Trinajstić information content (AvgIpc) is 1.90. The molecule has 1 saturated carbocycles. The van der Waals surface area contributed by atoms with Crippen molar-refractivity contribution in [2.75, 3.05) is 27.2 Å². The Morgan fingerprint density at radius 1 is 0.741 bits per heavy atom. The first kappa shape index (κ1) is 65.9. The Kier molecular flexibility index (Phi) is 21.1. The van der Waals surface area contributed by atoms with Crippen LogP contribution in [0, 0.1) is 17.3 Å². The number of hydrogen-bond acceptors (Lipinski definition) is 11. The zero-order valence-electron chi connectivity index (χ0n) is 50.6. The van der Waals surface area contributed by atoms with Gasteiger partial charge >= 0.3 is 18.2 Å². The van der Waals surface area contributed by atoms with Gasteiger partial charge in [-0.1, -0.05) is 159 Å². The van der Waals surface area contributed by atoms with E-state index in [-0.39, 0.29) is 48.3 Å². The predicted molar refractivity (Wildman–Crippen MR) is 322 cm³/mol. The number of primary amides is 1. The molecule has 2 aliphatic rings. The molecule has 1 fully saturated rings. The fraction of sp³-hybridized carbons (Fsp3) is 0.460. The number of carboxylic acid groups (broad SMARTS) is 1. The van der Waals surface area contributed by atoms with E-state index in [0.29, 0.717) is 24.0 Å². The minimum atomic E-state index is -4.49. The lowest BCUT2D eigenvalue weighted by Crippen LogP contribution is -2.62. The van der Waals surface area contributed by atoms with Crippen LogP contribution in [0.4, 0.5) is 14.4 Å². The van der Waals surface area contributed by atoms with E-state index in [1.165, 1.54) is 56.3 Å². The number of carbonyl (C=O) groups is 8. The van der Waals surface area contributed by atoms with E-state index < -0.39 is 110 Å². The van der Waals surface area contributed by atoms with E-state index >= 15 is 0 Å². The Hall–Kier alpha value is -8.27. The third-order valence-electron chi connectivity index (χ3n) is 16.0. The number of benzene rings is 4. The molecule has 6 rings (SSSR count). The minimum absolute atomic E-state index is 0.0204. The molecular formula is C63H83N9O12S. The molecule has 0 heterocycles. The number of alkyl carbamates (subject to hydrolysis) is 1. The largest absolute Gasteiger partial charge is 0.465 e. The van der Waals surface area contributed by atoms with Crippen LogP contribution < -0.4 is 37.0 Å². The normalized spacial score (nSPS) is 15.6. The lowest BCUT2D eigenvalue weighted by atomic mass is 9.76. The van der Waals surface area contributed by atoms with Gasteiger partial charge in [-0.05, 0) is 95.4 Å². The molecule has 0 aliphatic heterocycles. The summed E-state index contributed by atoms with van der Waals surface area (Å²) in [5, 5.41) is 24.0. The summed E-state index contributed by atoms with van der Waals surface area (Å²) >= 11 is 0. The fourth-order valence-electron chi connectivity index (χ4n) is 10.9. The first-order valence-electron chi connectivity index (χ1n) is 28.5. The Bertz CT molecular complexity index is 3220. The number of fused-ring (bicyclic) bond motifs is 3. The number of nitrogens with two attached hydrogens (primary N) is 1. The van der Waals surface area contributed by atoms with Crippen molar-refractivity contribution >= 4 is 57.8 Å². The van der Waals surface area contributed by atoms with Gasteiger partial charge in [0.1, 0.15) is 30.8 Å². The summed E-state index contributed by atoms with van der Waals surface area (Å²) in [4.78, 5) is 110. The zero-order chi connectivity index (χ0) is 62.9. The second-order valence-corrected chi connectivity index (χ2v) is 26.1. The number of rotatable bonds is 25. The number of urea groups is 1. The van der Waals surface area contributed by atoms with Gasteiger partial charge in [-0.3, -0.25) is 28.9 Å². The van der Waals surface area contributed by atoms with Crippen molar-refractivity contribution in [3.63, 3.8) is 0 Å². The molecule has 0 bridgehead atoms. The SMILES string of the molecule is C/C(=C\[C@H](C(C)C)N(C)C(=O)[C@@H](NC(=O)[C@@H](N(C)C(=O)O)C(C)(C)c1ccccc1)C(C)(C)C)C(=O)NS(=O)(=O)c1ccc(C2(NC(=O)[C@@H](CCCNC(N)=O)NC(=O)[C@H](NC(=O)OCC3c4ccccc4-c4ccccc43)C(C)C)CC2)cc1. The van der Waals surface area contributed by atoms with Crippen molar-refractivity contribution in [2.24, 2.45) is 23.0 Å². The number of ether oxygens (including phenoxy) is 1. The standard InChI is InChI=1S/C63H83N9O12S/c1-37(2)49(71(11)57(77)51(61(6,7)8)68-56(76)52(72(12)60(80)81)62(9,10)40-21-14-13-15-22-40)35-39(5)53(73)70-85(82,83)42-30-28-41(29-31-42)63(32-33-63)69-54(74)48(27-20-34-65-58(64)78)66-55(75)50(38(3)4)67-59(79)84-36-47-45-25-18-16-23-43(45)44-24-17-19-26-46(44)47/h13-19,21-26,28-31,35,37-38,47-52H,20,27,32-34,36H2,1-12H3,(H,66,75)(H,67,79)(H,68,76)(H,69,74)(H,70,73)(H,80,81)(H3,64,65,78)/b39-35+/t48-,49-,50-,51-,52-/m1/s1. The molecule has 0 unspecified atom stereocenters. The highest BCUT2D eigenvalue weighted by Gasteiger charge is 2.48. The fourth-order valence-corrected chi connectivity index (χ4v) is 11.9. The molecule has 4 aromatic carbocycles. The number of likely N-dealkylation sites (N-methyl/N-ethyl adjacent to an activating group) is 2. The number of amides is 9. The number of hydrogen-bond donors (Lipinski definition) is 8. The van der Waals surface area contributed by atoms with E-state index in [2.05, 4.69) is 31.3 Å². The maximum Gasteiger partial charge on any atom is 0.407 e. The third kappa shape index (κ3) is 15.9. The lowest BCUT2D eigenvalue weighted by Gasteiger charge is -2.41. The van der Waals surface area contributed by atoms with Gasteiger partial charge in [0.15, 0.2) is 0 Å². The van der Waals surface area contributed by atoms with Gasteiger partial charge in [0.2, 0.25) is 23.6 Å². The van der Waals surface area contributed by atoms with E-state index in [1.807, 2.05) is 68.4 Å². The first-order valence-corrected chi connectivity index (χ1v) is 30.0. The smallest absolute Gasteiger partial charge is 0.407 e. The van der Waals surface area contributed by atoms with Gasteiger partial charge < -0.3 is 47.1 Å². The summed E-state index contributed by atoms with van der Waals surface area (Å²) in [6.45, 7) is 17.4. The van der Waals surface area contributed by atoms with Gasteiger partial charge in [0, 0.05) is 37.5 Å². The van der Waals surface area contributed by atoms with E-state index in [1.54, 1.807) is 72.7 Å². The highest BCUT2D eigenvalue weighted by molar-refractivity contribution is 7.90. The molecule has 21 nitrogen and oxygen atoms in total. The van der Waals surface area contributed by atoms with Gasteiger partial charge in [0.05, 0.1) is 16.5 Å². The summed E-state index contributed by atoms with van der Waals surface area (Å²) in [5.74, 6) is -4.37. The highest BCUT2D eigenvalue weighted by Crippen LogP contribution is 2.46. The predicted octanol–water partition coefficient (Wildman–Crippen LogP) is 7.01. The van der Waals surface area contributed by atoms with Crippen molar-refractivity contribution in [3.05, 3.63) is 137 Å². The number of nitrogens with one attached hydrogen (secondary N) is 6. The maximum atomic E-state index is 14.6. The second-order valence-electron chi connectivity index (χ2n) is 24.4. The maximum absolute atomic E-state index is 14.6. The molecule has 4 aromatic rings. The van der Waals surface area contributed by atoms with E-state index in [9.17, 15) is 51.9 Å². The molecule has 22 heteroatoms. The van der Waals surface area contributed by atoms with Crippen LogP contribution in [0.3, 0.4) is 0 Å². The van der Waals surface area contributed by atoms with Crippen LogP contribution in [0.15, 0.2) is 120 Å². The molecule has 2 aliphatic carbocycles. The van der Waals surface area contributed by atoms with Crippen LogP contribution in [0.1, 0.15) is 123 Å². The van der Waals surface area contributed by atoms with Gasteiger partial charge in [-0.2, -0.15) is 0 Å². The molecule has 0 radical (unpaired) electrons. The van der Waals surface area contributed by atoms with Crippen LogP contribution in [0.2, 0.25) is 0 Å². The van der Waals surface area contributed by atoms with E-state index in [4.69, 9.17) is 10.5 Å². The lowest BCUT2D eigenvalue weighted by molar-refractivity contribution is -0.141. The molecule has 85 heavy (non-hydrogen) atoms. The molecular weight excluding hydrogens is 1110 g/mol. The van der Waals surface area contributed by atoms with Crippen molar-refractivity contribution in [1.29, 1.82) is 0 Å². The number of sulfonamides is 1. The summed E-state index contributed by atoms with van der Waals surface area (Å²) in [7, 11) is -1.68. The zero-order valence-corrected chi connectivity index (χ0v) is 51.4. The molecule has 458 valence electrons. The first-order chi connectivity index (χ1) is 39.8. The summed E-state index contributed by atoms with van der Waals surface area (Å²) in [6.07, 6.45) is 0.572. The monoisotopic (exact) mass is 1190 g/mol. The van der Waals surface area contributed by atoms with Gasteiger partial charge in [-0.25, -0.2) is 27.5 Å². The summed E-state index contributed by atoms with van der Waals surface area (Å²) < 4.78 is 35.5. The molecule has 0 saturated heterocycles. The van der Waals surface area contributed by atoms with Crippen LogP contribution in [0.25, 0.3) is 11.1 Å². The molecule has 0 spiro atoms.